The van der Waals surface area contributed by atoms with Gasteiger partial charge in [0.2, 0.25) is 10.0 Å². The minimum atomic E-state index is -3.54. The molecule has 1 aromatic rings. The Bertz CT molecular complexity index is 512. The molecule has 6 nitrogen and oxygen atoms in total. The highest BCUT2D eigenvalue weighted by molar-refractivity contribution is 7.89. The van der Waals surface area contributed by atoms with Crippen LogP contribution in [0.1, 0.15) is 13.8 Å². The molecule has 0 aliphatic rings. The number of anilines is 1. The molecule has 0 aliphatic carbocycles. The lowest BCUT2D eigenvalue weighted by molar-refractivity contribution is 0.314. The molecule has 0 aromatic carbocycles. The summed E-state index contributed by atoms with van der Waals surface area (Å²) >= 11 is 0. The van der Waals surface area contributed by atoms with Crippen LogP contribution in [0.5, 0.6) is 0 Å². The molecule has 7 heteroatoms. The molecule has 1 unspecified atom stereocenters. The molecule has 1 rings (SSSR count). The van der Waals surface area contributed by atoms with Gasteiger partial charge in [-0.15, -0.1) is 0 Å². The van der Waals surface area contributed by atoms with E-state index in [9.17, 15) is 8.42 Å². The second-order valence-corrected chi connectivity index (χ2v) is 7.08. The summed E-state index contributed by atoms with van der Waals surface area (Å²) in [7, 11) is 2.04. The van der Waals surface area contributed by atoms with Crippen LogP contribution < -0.4 is 10.0 Å². The third-order valence-corrected chi connectivity index (χ3v) is 4.45. The minimum Gasteiger partial charge on any atom is -0.373 e. The molecule has 0 spiro atoms. The largest absolute Gasteiger partial charge is 0.373 e. The third kappa shape index (κ3) is 4.73. The average Bonchev–Trinajstić information content (AvgIpc) is 2.37. The lowest BCUT2D eigenvalue weighted by atomic mass is 10.1. The number of pyridine rings is 1. The van der Waals surface area contributed by atoms with Gasteiger partial charge in [0.25, 0.3) is 0 Å². The van der Waals surface area contributed by atoms with Gasteiger partial charge >= 0.3 is 0 Å². The molecule has 2 N–H and O–H groups in total. The number of hydrogen-bond acceptors (Lipinski definition) is 5. The Morgan fingerprint density at radius 3 is 2.35 bits per heavy atom. The van der Waals surface area contributed by atoms with Crippen LogP contribution in [0.3, 0.4) is 0 Å². The first-order chi connectivity index (χ1) is 9.26. The lowest BCUT2D eigenvalue weighted by Gasteiger charge is -2.25. The van der Waals surface area contributed by atoms with Gasteiger partial charge in [0.15, 0.2) is 0 Å². The first-order valence-electron chi connectivity index (χ1n) is 6.57. The Morgan fingerprint density at radius 1 is 1.30 bits per heavy atom. The van der Waals surface area contributed by atoms with E-state index in [4.69, 9.17) is 0 Å². The van der Waals surface area contributed by atoms with Gasteiger partial charge in [0.1, 0.15) is 10.7 Å². The van der Waals surface area contributed by atoms with E-state index in [0.29, 0.717) is 12.4 Å². The average molecular weight is 300 g/mol. The van der Waals surface area contributed by atoms with E-state index in [1.165, 1.54) is 6.20 Å². The number of sulfonamides is 1. The van der Waals surface area contributed by atoms with Crippen LogP contribution in [-0.2, 0) is 10.0 Å². The molecule has 1 heterocycles. The molecule has 0 amide bonds. The van der Waals surface area contributed by atoms with Crippen molar-refractivity contribution in [1.82, 2.24) is 14.6 Å². The summed E-state index contributed by atoms with van der Waals surface area (Å²) < 4.78 is 27.4. The summed E-state index contributed by atoms with van der Waals surface area (Å²) in [6.07, 6.45) is 1.36. The van der Waals surface area contributed by atoms with Crippen LogP contribution in [0.4, 0.5) is 5.82 Å². The first kappa shape index (κ1) is 16.9. The van der Waals surface area contributed by atoms with Crippen molar-refractivity contribution in [3.63, 3.8) is 0 Å². The summed E-state index contributed by atoms with van der Waals surface area (Å²) in [5.41, 5.74) is 0. The molecule has 0 aliphatic heterocycles. The Morgan fingerprint density at radius 2 is 1.95 bits per heavy atom. The first-order valence-corrected chi connectivity index (χ1v) is 8.05. The maximum Gasteiger partial charge on any atom is 0.242 e. The number of hydrogen-bond donors (Lipinski definition) is 2. The van der Waals surface area contributed by atoms with E-state index in [0.717, 1.165) is 0 Å². The van der Waals surface area contributed by atoms with Crippen molar-refractivity contribution in [3.05, 3.63) is 18.3 Å². The van der Waals surface area contributed by atoms with Gasteiger partial charge < -0.3 is 10.2 Å². The maximum absolute atomic E-state index is 12.3. The van der Waals surface area contributed by atoms with Gasteiger partial charge in [-0.1, -0.05) is 13.8 Å². The molecule has 0 saturated carbocycles. The summed E-state index contributed by atoms with van der Waals surface area (Å²) in [5, 5.41) is 2.86. The SMILES string of the molecule is CNc1ccc(S(=O)(=O)NC(CN(C)C)C(C)C)cn1. The molecular formula is C13H24N4O2S. The van der Waals surface area contributed by atoms with E-state index in [2.05, 4.69) is 15.0 Å². The van der Waals surface area contributed by atoms with Crippen molar-refractivity contribution in [3.8, 4) is 0 Å². The van der Waals surface area contributed by atoms with Gasteiger partial charge in [0.05, 0.1) is 0 Å². The Balaban J connectivity index is 2.91. The minimum absolute atomic E-state index is 0.140. The van der Waals surface area contributed by atoms with Crippen molar-refractivity contribution in [1.29, 1.82) is 0 Å². The number of aromatic nitrogens is 1. The quantitative estimate of drug-likeness (QED) is 0.785. The highest BCUT2D eigenvalue weighted by Crippen LogP contribution is 2.13. The second-order valence-electron chi connectivity index (χ2n) is 5.36. The Labute approximate surface area is 121 Å². The van der Waals surface area contributed by atoms with Gasteiger partial charge in [0, 0.05) is 25.8 Å². The number of nitrogens with one attached hydrogen (secondary N) is 2. The highest BCUT2D eigenvalue weighted by atomic mass is 32.2. The van der Waals surface area contributed by atoms with Crippen molar-refractivity contribution in [2.24, 2.45) is 5.92 Å². The highest BCUT2D eigenvalue weighted by Gasteiger charge is 2.23. The van der Waals surface area contributed by atoms with Gasteiger partial charge in [-0.05, 0) is 32.1 Å². The van der Waals surface area contributed by atoms with Crippen LogP contribution in [0.15, 0.2) is 23.2 Å². The number of nitrogens with zero attached hydrogens (tertiary/aromatic N) is 2. The molecule has 114 valence electrons. The zero-order valence-corrected chi connectivity index (χ0v) is 13.5. The fourth-order valence-corrected chi connectivity index (χ4v) is 3.05. The topological polar surface area (TPSA) is 74.3 Å². The predicted molar refractivity (Wildman–Crippen MR) is 81.3 cm³/mol. The van der Waals surface area contributed by atoms with E-state index < -0.39 is 10.0 Å². The molecule has 1 atom stereocenters. The van der Waals surface area contributed by atoms with E-state index >= 15 is 0 Å². The Hall–Kier alpha value is -1.18. The van der Waals surface area contributed by atoms with E-state index in [1.807, 2.05) is 32.8 Å². The van der Waals surface area contributed by atoms with Crippen molar-refractivity contribution >= 4 is 15.8 Å². The molecule has 0 fully saturated rings. The normalized spacial score (nSPS) is 13.8. The fraction of sp³-hybridized carbons (Fsp3) is 0.615. The smallest absolute Gasteiger partial charge is 0.242 e. The summed E-state index contributed by atoms with van der Waals surface area (Å²) in [6, 6.07) is 3.05. The fourth-order valence-electron chi connectivity index (χ4n) is 1.73. The summed E-state index contributed by atoms with van der Waals surface area (Å²) in [6.45, 7) is 4.65. The van der Waals surface area contributed by atoms with E-state index in [1.54, 1.807) is 19.2 Å². The number of rotatable bonds is 7. The van der Waals surface area contributed by atoms with Crippen LogP contribution in [0, 0.1) is 5.92 Å². The lowest BCUT2D eigenvalue weighted by Crippen LogP contribution is -2.44. The molecule has 20 heavy (non-hydrogen) atoms. The molecule has 0 bridgehead atoms. The van der Waals surface area contributed by atoms with Crippen molar-refractivity contribution in [2.75, 3.05) is 33.0 Å². The van der Waals surface area contributed by atoms with Gasteiger partial charge in [-0.3, -0.25) is 0 Å². The number of likely N-dealkylation sites (N-methyl/N-ethyl adjacent to an activating group) is 1. The third-order valence-electron chi connectivity index (χ3n) is 2.98. The summed E-state index contributed by atoms with van der Waals surface area (Å²) in [5.74, 6) is 0.842. The molecular weight excluding hydrogens is 276 g/mol. The van der Waals surface area contributed by atoms with Crippen molar-refractivity contribution < 1.29 is 8.42 Å². The van der Waals surface area contributed by atoms with Crippen LogP contribution in [0.25, 0.3) is 0 Å². The van der Waals surface area contributed by atoms with E-state index in [-0.39, 0.29) is 16.9 Å². The maximum atomic E-state index is 12.3. The van der Waals surface area contributed by atoms with Crippen molar-refractivity contribution in [2.45, 2.75) is 24.8 Å². The zero-order chi connectivity index (χ0) is 15.3. The van der Waals surface area contributed by atoms with Crippen LogP contribution in [-0.4, -0.2) is 52.0 Å². The summed E-state index contributed by atoms with van der Waals surface area (Å²) in [4.78, 5) is 6.19. The molecule has 0 radical (unpaired) electrons. The second kappa shape index (κ2) is 7.01. The Kier molecular flexibility index (Phi) is 5.91. The van der Waals surface area contributed by atoms with Crippen LogP contribution in [0.2, 0.25) is 0 Å². The van der Waals surface area contributed by atoms with Gasteiger partial charge in [-0.25, -0.2) is 18.1 Å². The predicted octanol–water partition coefficient (Wildman–Crippen LogP) is 0.988. The van der Waals surface area contributed by atoms with Gasteiger partial charge in [-0.2, -0.15) is 0 Å². The standard InChI is InChI=1S/C13H24N4O2S/c1-10(2)12(9-17(4)5)16-20(18,19)11-6-7-13(14-3)15-8-11/h6-8,10,12,16H,9H2,1-5H3,(H,14,15). The molecule has 0 saturated heterocycles. The molecule has 1 aromatic heterocycles. The zero-order valence-electron chi connectivity index (χ0n) is 12.7. The monoisotopic (exact) mass is 300 g/mol. The van der Waals surface area contributed by atoms with Crippen LogP contribution >= 0.6 is 0 Å².